The van der Waals surface area contributed by atoms with Gasteiger partial charge in [0.05, 0.1) is 10.9 Å². The summed E-state index contributed by atoms with van der Waals surface area (Å²) in [4.78, 5) is 4.30. The zero-order valence-electron chi connectivity index (χ0n) is 10.5. The van der Waals surface area contributed by atoms with Gasteiger partial charge < -0.3 is 0 Å². The molecule has 0 aromatic carbocycles. The summed E-state index contributed by atoms with van der Waals surface area (Å²) in [5.41, 5.74) is 2.70. The fourth-order valence-electron chi connectivity index (χ4n) is 2.35. The Morgan fingerprint density at radius 2 is 2.11 bits per heavy atom. The molecule has 1 aliphatic rings. The summed E-state index contributed by atoms with van der Waals surface area (Å²) in [5, 5.41) is 9.43. The molecule has 3 heterocycles. The first kappa shape index (κ1) is 12.2. The van der Waals surface area contributed by atoms with Crippen LogP contribution in [0.25, 0.3) is 5.65 Å². The lowest BCUT2D eigenvalue weighted by Crippen LogP contribution is -2.09. The zero-order valence-corrected chi connectivity index (χ0v) is 12.1. The minimum Gasteiger partial charge on any atom is -0.278 e. The fourth-order valence-corrected chi connectivity index (χ4v) is 3.89. The lowest BCUT2D eigenvalue weighted by molar-refractivity contribution is 0.654. The summed E-state index contributed by atoms with van der Waals surface area (Å²) in [6.45, 7) is 4.02. The molecule has 2 aromatic rings. The van der Waals surface area contributed by atoms with Gasteiger partial charge in [-0.2, -0.15) is 11.8 Å². The van der Waals surface area contributed by atoms with Crippen LogP contribution in [0.15, 0.2) is 0 Å². The molecule has 1 atom stereocenters. The second-order valence-electron chi connectivity index (χ2n) is 4.65. The predicted molar refractivity (Wildman–Crippen MR) is 74.3 cm³/mol. The summed E-state index contributed by atoms with van der Waals surface area (Å²) in [6, 6.07) is 0. The molecular weight excluding hydrogens is 268 g/mol. The van der Waals surface area contributed by atoms with E-state index >= 15 is 0 Å². The van der Waals surface area contributed by atoms with Crippen molar-refractivity contribution in [2.75, 3.05) is 5.75 Å². The maximum atomic E-state index is 6.15. The number of hydrogen-bond donors (Lipinski definition) is 0. The highest BCUT2D eigenvalue weighted by atomic mass is 35.5. The van der Waals surface area contributed by atoms with Crippen LogP contribution in [-0.4, -0.2) is 25.3 Å². The molecule has 0 bridgehead atoms. The Hall–Kier alpha value is -0.810. The van der Waals surface area contributed by atoms with E-state index < -0.39 is 0 Å². The lowest BCUT2D eigenvalue weighted by atomic mass is 10.2. The van der Waals surface area contributed by atoms with Crippen molar-refractivity contribution in [1.82, 2.24) is 19.6 Å². The van der Waals surface area contributed by atoms with Crippen molar-refractivity contribution >= 4 is 29.0 Å². The maximum absolute atomic E-state index is 6.15. The highest BCUT2D eigenvalue weighted by Gasteiger charge is 2.23. The monoisotopic (exact) mass is 282 g/mol. The van der Waals surface area contributed by atoms with E-state index in [0.29, 0.717) is 16.1 Å². The van der Waals surface area contributed by atoms with Gasteiger partial charge in [0, 0.05) is 5.69 Å². The molecule has 0 radical (unpaired) electrons. The van der Waals surface area contributed by atoms with Gasteiger partial charge in [-0.05, 0) is 32.4 Å². The predicted octanol–water partition coefficient (Wildman–Crippen LogP) is 3.35. The number of hydrogen-bond acceptors (Lipinski definition) is 4. The molecule has 4 nitrogen and oxygen atoms in total. The molecule has 96 valence electrons. The number of thioether (sulfide) groups is 1. The van der Waals surface area contributed by atoms with Gasteiger partial charge in [-0.25, -0.2) is 4.98 Å². The van der Waals surface area contributed by atoms with E-state index in [2.05, 4.69) is 19.6 Å². The van der Waals surface area contributed by atoms with Gasteiger partial charge in [-0.15, -0.1) is 10.2 Å². The molecule has 1 fully saturated rings. The molecule has 0 amide bonds. The molecule has 3 rings (SSSR count). The molecule has 6 heteroatoms. The molecule has 0 N–H and O–H groups in total. The molecule has 18 heavy (non-hydrogen) atoms. The van der Waals surface area contributed by atoms with Gasteiger partial charge >= 0.3 is 0 Å². The van der Waals surface area contributed by atoms with Crippen LogP contribution in [0.5, 0.6) is 0 Å². The molecule has 0 aliphatic carbocycles. The van der Waals surface area contributed by atoms with Crippen molar-refractivity contribution in [3.8, 4) is 0 Å². The van der Waals surface area contributed by atoms with Crippen LogP contribution >= 0.6 is 23.4 Å². The average molecular weight is 283 g/mol. The van der Waals surface area contributed by atoms with E-state index in [-0.39, 0.29) is 0 Å². The van der Waals surface area contributed by atoms with Crippen molar-refractivity contribution in [3.05, 3.63) is 22.4 Å². The van der Waals surface area contributed by atoms with E-state index in [9.17, 15) is 0 Å². The molecule has 2 aromatic heterocycles. The standard InChI is InChI=1S/C12H15ClN4S/c1-7-8(2)17-11(9-5-3-4-6-18-9)15-16-12(17)10(13)14-7/h9H,3-6H2,1-2H3. The first-order valence-electron chi connectivity index (χ1n) is 6.18. The van der Waals surface area contributed by atoms with E-state index in [1.165, 1.54) is 25.0 Å². The van der Waals surface area contributed by atoms with Crippen LogP contribution < -0.4 is 0 Å². The molecular formula is C12H15ClN4S. The van der Waals surface area contributed by atoms with Crippen LogP contribution in [0.4, 0.5) is 0 Å². The van der Waals surface area contributed by atoms with Crippen LogP contribution in [0, 0.1) is 13.8 Å². The first-order chi connectivity index (χ1) is 8.68. The normalized spacial score (nSPS) is 20.5. The average Bonchev–Trinajstić information content (AvgIpc) is 2.82. The number of nitrogens with zero attached hydrogens (tertiary/aromatic N) is 4. The van der Waals surface area contributed by atoms with Gasteiger partial charge in [0.15, 0.2) is 16.6 Å². The van der Waals surface area contributed by atoms with Crippen molar-refractivity contribution < 1.29 is 0 Å². The molecule has 1 aliphatic heterocycles. The van der Waals surface area contributed by atoms with Crippen molar-refractivity contribution in [2.24, 2.45) is 0 Å². The van der Waals surface area contributed by atoms with Gasteiger partial charge in [-0.3, -0.25) is 4.40 Å². The zero-order chi connectivity index (χ0) is 12.7. The van der Waals surface area contributed by atoms with Crippen LogP contribution in [-0.2, 0) is 0 Å². The van der Waals surface area contributed by atoms with Crippen molar-refractivity contribution in [1.29, 1.82) is 0 Å². The third-order valence-corrected chi connectivity index (χ3v) is 5.09. The quantitative estimate of drug-likeness (QED) is 0.804. The second kappa shape index (κ2) is 4.70. The van der Waals surface area contributed by atoms with E-state index in [0.717, 1.165) is 17.2 Å². The Morgan fingerprint density at radius 1 is 1.28 bits per heavy atom. The van der Waals surface area contributed by atoms with Gasteiger partial charge in [-0.1, -0.05) is 18.0 Å². The Morgan fingerprint density at radius 3 is 2.83 bits per heavy atom. The minimum atomic E-state index is 0.435. The third-order valence-electron chi connectivity index (χ3n) is 3.47. The lowest BCUT2D eigenvalue weighted by Gasteiger charge is -2.20. The number of fused-ring (bicyclic) bond motifs is 1. The van der Waals surface area contributed by atoms with Gasteiger partial charge in [0.2, 0.25) is 0 Å². The minimum absolute atomic E-state index is 0.435. The van der Waals surface area contributed by atoms with Crippen LogP contribution in [0.2, 0.25) is 5.15 Å². The summed E-state index contributed by atoms with van der Waals surface area (Å²) < 4.78 is 2.08. The highest BCUT2D eigenvalue weighted by molar-refractivity contribution is 7.99. The van der Waals surface area contributed by atoms with Crippen molar-refractivity contribution in [3.63, 3.8) is 0 Å². The largest absolute Gasteiger partial charge is 0.278 e. The third kappa shape index (κ3) is 1.89. The summed E-state index contributed by atoms with van der Waals surface area (Å²) >= 11 is 8.11. The second-order valence-corrected chi connectivity index (χ2v) is 6.31. The van der Waals surface area contributed by atoms with E-state index in [1.54, 1.807) is 0 Å². The van der Waals surface area contributed by atoms with Crippen LogP contribution in [0.1, 0.15) is 41.7 Å². The van der Waals surface area contributed by atoms with Gasteiger partial charge in [0.25, 0.3) is 0 Å². The molecule has 0 saturated carbocycles. The smallest absolute Gasteiger partial charge is 0.198 e. The molecule has 1 unspecified atom stereocenters. The number of halogens is 1. The summed E-state index contributed by atoms with van der Waals surface area (Å²) in [6.07, 6.45) is 3.74. The Bertz CT molecular complexity index is 589. The molecule has 0 spiro atoms. The topological polar surface area (TPSA) is 43.1 Å². The van der Waals surface area contributed by atoms with Crippen LogP contribution in [0.3, 0.4) is 0 Å². The number of rotatable bonds is 1. The Labute approximate surface area is 115 Å². The van der Waals surface area contributed by atoms with Crippen molar-refractivity contribution in [2.45, 2.75) is 38.4 Å². The van der Waals surface area contributed by atoms with E-state index in [4.69, 9.17) is 11.6 Å². The highest BCUT2D eigenvalue weighted by Crippen LogP contribution is 2.38. The SMILES string of the molecule is Cc1nc(Cl)c2nnc(C3CCCCS3)n2c1C. The maximum Gasteiger partial charge on any atom is 0.198 e. The summed E-state index contributed by atoms with van der Waals surface area (Å²) in [7, 11) is 0. The first-order valence-corrected chi connectivity index (χ1v) is 7.60. The Kier molecular flexibility index (Phi) is 3.20. The van der Waals surface area contributed by atoms with E-state index in [1.807, 2.05) is 25.6 Å². The number of aryl methyl sites for hydroxylation is 2. The fraction of sp³-hybridized carbons (Fsp3) is 0.583. The Balaban J connectivity index is 2.18. The summed E-state index contributed by atoms with van der Waals surface area (Å²) in [5.74, 6) is 2.23. The van der Waals surface area contributed by atoms with Gasteiger partial charge in [0.1, 0.15) is 0 Å². The number of aromatic nitrogens is 4. The molecule has 1 saturated heterocycles.